The van der Waals surface area contributed by atoms with Crippen LogP contribution in [0.1, 0.15) is 11.3 Å². The fourth-order valence-electron chi connectivity index (χ4n) is 1.93. The summed E-state index contributed by atoms with van der Waals surface area (Å²) in [5.74, 6) is 0.877. The lowest BCUT2D eigenvalue weighted by Gasteiger charge is -2.06. The van der Waals surface area contributed by atoms with Crippen molar-refractivity contribution in [2.45, 2.75) is 13.2 Å². The van der Waals surface area contributed by atoms with E-state index in [1.54, 1.807) is 6.26 Å². The van der Waals surface area contributed by atoms with E-state index in [9.17, 15) is 5.02 Å². The molecule has 0 saturated carbocycles. The van der Waals surface area contributed by atoms with E-state index >= 15 is 0 Å². The molecule has 1 aliphatic rings. The minimum Gasteiger partial charge on any atom is -0.467 e. The van der Waals surface area contributed by atoms with Crippen LogP contribution < -0.4 is 10.8 Å². The van der Waals surface area contributed by atoms with Gasteiger partial charge < -0.3 is 19.4 Å². The van der Waals surface area contributed by atoms with E-state index in [1.165, 1.54) is 0 Å². The fourth-order valence-corrected chi connectivity index (χ4v) is 1.93. The number of furan rings is 1. The molecule has 0 radical (unpaired) electrons. The summed E-state index contributed by atoms with van der Waals surface area (Å²) in [6, 6.07) is 9.63. The highest BCUT2D eigenvalue weighted by Crippen LogP contribution is 2.15. The number of rotatable bonds is 3. The molecule has 0 bridgehead atoms. The van der Waals surface area contributed by atoms with E-state index in [4.69, 9.17) is 9.07 Å². The summed E-state index contributed by atoms with van der Waals surface area (Å²) < 4.78 is 10.4. The SMILES string of the molecule is OB1OCc2ccc(NCc3ccco3)cc21. The predicted molar refractivity (Wildman–Crippen MR) is 64.9 cm³/mol. The summed E-state index contributed by atoms with van der Waals surface area (Å²) in [6.45, 7) is 1.11. The Morgan fingerprint density at radius 1 is 1.35 bits per heavy atom. The quantitative estimate of drug-likeness (QED) is 0.774. The van der Waals surface area contributed by atoms with Crippen molar-refractivity contribution in [3.8, 4) is 0 Å². The molecule has 86 valence electrons. The number of nitrogens with one attached hydrogen (secondary N) is 1. The summed E-state index contributed by atoms with van der Waals surface area (Å²) in [7, 11) is -0.796. The third kappa shape index (κ3) is 2.07. The van der Waals surface area contributed by atoms with Crippen LogP contribution in [0.15, 0.2) is 41.0 Å². The Balaban J connectivity index is 1.74. The second-order valence-electron chi connectivity index (χ2n) is 4.01. The molecule has 0 saturated heterocycles. The van der Waals surface area contributed by atoms with Crippen LogP contribution in [0.3, 0.4) is 0 Å². The molecule has 2 heterocycles. The van der Waals surface area contributed by atoms with Gasteiger partial charge in [0, 0.05) is 5.69 Å². The van der Waals surface area contributed by atoms with Crippen molar-refractivity contribution >= 4 is 18.3 Å². The van der Waals surface area contributed by atoms with Gasteiger partial charge in [0.2, 0.25) is 0 Å². The monoisotopic (exact) mass is 229 g/mol. The van der Waals surface area contributed by atoms with Crippen LogP contribution in [0.25, 0.3) is 0 Å². The molecule has 5 heteroatoms. The third-order valence-corrected chi connectivity index (χ3v) is 2.86. The average molecular weight is 229 g/mol. The highest BCUT2D eigenvalue weighted by atomic mass is 16.5. The van der Waals surface area contributed by atoms with Gasteiger partial charge in [-0.05, 0) is 35.3 Å². The van der Waals surface area contributed by atoms with Crippen LogP contribution in [0.4, 0.5) is 5.69 Å². The van der Waals surface area contributed by atoms with Gasteiger partial charge in [-0.25, -0.2) is 0 Å². The Kier molecular flexibility index (Phi) is 2.63. The molecular formula is C12H12BNO3. The molecule has 0 amide bonds. The molecule has 0 fully saturated rings. The second kappa shape index (κ2) is 4.27. The molecule has 2 N–H and O–H groups in total. The van der Waals surface area contributed by atoms with Crippen LogP contribution in [0.5, 0.6) is 0 Å². The zero-order chi connectivity index (χ0) is 11.7. The lowest BCUT2D eigenvalue weighted by Crippen LogP contribution is -2.28. The number of fused-ring (bicyclic) bond motifs is 1. The van der Waals surface area contributed by atoms with Crippen LogP contribution in [0, 0.1) is 0 Å². The average Bonchev–Trinajstić information content (AvgIpc) is 2.97. The van der Waals surface area contributed by atoms with Gasteiger partial charge in [-0.1, -0.05) is 6.07 Å². The molecule has 1 aromatic carbocycles. The molecule has 0 unspecified atom stereocenters. The summed E-state index contributed by atoms with van der Waals surface area (Å²) in [4.78, 5) is 0. The first-order valence-electron chi connectivity index (χ1n) is 5.52. The maximum Gasteiger partial charge on any atom is 0.491 e. The van der Waals surface area contributed by atoms with E-state index in [0.717, 1.165) is 22.5 Å². The molecule has 0 atom stereocenters. The molecule has 1 aliphatic heterocycles. The van der Waals surface area contributed by atoms with Crippen LogP contribution in [-0.4, -0.2) is 12.1 Å². The molecule has 1 aromatic heterocycles. The molecule has 2 aromatic rings. The standard InChI is InChI=1S/C12H12BNO3/c15-13-12-6-10(4-3-9(12)8-17-13)14-7-11-2-1-5-16-11/h1-6,14-15H,7-8H2. The Bertz CT molecular complexity index is 512. The van der Waals surface area contributed by atoms with Crippen molar-refractivity contribution in [2.75, 3.05) is 5.32 Å². The van der Waals surface area contributed by atoms with E-state index in [1.807, 2.05) is 30.3 Å². The van der Waals surface area contributed by atoms with E-state index in [0.29, 0.717) is 13.2 Å². The maximum absolute atomic E-state index is 9.59. The Hall–Kier alpha value is -1.72. The van der Waals surface area contributed by atoms with Gasteiger partial charge in [-0.15, -0.1) is 0 Å². The van der Waals surface area contributed by atoms with Crippen molar-refractivity contribution in [1.82, 2.24) is 0 Å². The summed E-state index contributed by atoms with van der Waals surface area (Å²) in [6.07, 6.45) is 1.65. The second-order valence-corrected chi connectivity index (χ2v) is 4.01. The van der Waals surface area contributed by atoms with Gasteiger partial charge >= 0.3 is 7.12 Å². The molecule has 17 heavy (non-hydrogen) atoms. The van der Waals surface area contributed by atoms with Gasteiger partial charge in [0.05, 0.1) is 19.4 Å². The van der Waals surface area contributed by atoms with Gasteiger partial charge in [-0.2, -0.15) is 0 Å². The van der Waals surface area contributed by atoms with Crippen LogP contribution in [-0.2, 0) is 17.8 Å². The van der Waals surface area contributed by atoms with Crippen molar-refractivity contribution in [3.05, 3.63) is 47.9 Å². The zero-order valence-electron chi connectivity index (χ0n) is 9.22. The van der Waals surface area contributed by atoms with Crippen molar-refractivity contribution in [1.29, 1.82) is 0 Å². The van der Waals surface area contributed by atoms with E-state index < -0.39 is 7.12 Å². The zero-order valence-corrected chi connectivity index (χ0v) is 9.22. The van der Waals surface area contributed by atoms with Gasteiger partial charge in [-0.3, -0.25) is 0 Å². The first kappa shape index (κ1) is 10.4. The fraction of sp³-hybridized carbons (Fsp3) is 0.167. The lowest BCUT2D eigenvalue weighted by molar-refractivity contribution is 0.275. The van der Waals surface area contributed by atoms with Gasteiger partial charge in [0.25, 0.3) is 0 Å². The highest BCUT2D eigenvalue weighted by Gasteiger charge is 2.27. The molecular weight excluding hydrogens is 217 g/mol. The van der Waals surface area contributed by atoms with Crippen molar-refractivity contribution < 1.29 is 14.1 Å². The summed E-state index contributed by atoms with van der Waals surface area (Å²) in [5, 5.41) is 12.8. The number of hydrogen-bond donors (Lipinski definition) is 2. The van der Waals surface area contributed by atoms with Crippen molar-refractivity contribution in [2.24, 2.45) is 0 Å². The third-order valence-electron chi connectivity index (χ3n) is 2.86. The van der Waals surface area contributed by atoms with Crippen molar-refractivity contribution in [3.63, 3.8) is 0 Å². The lowest BCUT2D eigenvalue weighted by atomic mass is 9.79. The minimum absolute atomic E-state index is 0.481. The van der Waals surface area contributed by atoms with Gasteiger partial charge in [0.1, 0.15) is 5.76 Å². The molecule has 3 rings (SSSR count). The van der Waals surface area contributed by atoms with Crippen LogP contribution >= 0.6 is 0 Å². The first-order valence-corrected chi connectivity index (χ1v) is 5.52. The summed E-state index contributed by atoms with van der Waals surface area (Å²) >= 11 is 0. The minimum atomic E-state index is -0.796. The maximum atomic E-state index is 9.59. The smallest absolute Gasteiger partial charge is 0.467 e. The molecule has 4 nitrogen and oxygen atoms in total. The normalized spacial score (nSPS) is 13.8. The summed E-state index contributed by atoms with van der Waals surface area (Å²) in [5.41, 5.74) is 2.83. The number of hydrogen-bond acceptors (Lipinski definition) is 4. The number of benzene rings is 1. The number of anilines is 1. The predicted octanol–water partition coefficient (Wildman–Crippen LogP) is 1.11. The topological polar surface area (TPSA) is 54.6 Å². The van der Waals surface area contributed by atoms with Crippen LogP contribution in [0.2, 0.25) is 0 Å². The largest absolute Gasteiger partial charge is 0.491 e. The van der Waals surface area contributed by atoms with E-state index in [2.05, 4.69) is 5.32 Å². The Labute approximate surface area is 99.4 Å². The van der Waals surface area contributed by atoms with E-state index in [-0.39, 0.29) is 0 Å². The van der Waals surface area contributed by atoms with Gasteiger partial charge in [0.15, 0.2) is 0 Å². The Morgan fingerprint density at radius 2 is 2.29 bits per heavy atom. The first-order chi connectivity index (χ1) is 8.33. The Morgan fingerprint density at radius 3 is 3.12 bits per heavy atom. The highest BCUT2D eigenvalue weighted by molar-refractivity contribution is 6.61. The molecule has 0 spiro atoms. The molecule has 0 aliphatic carbocycles.